The Kier molecular flexibility index (Phi) is 4.67. The average molecular weight is 301 g/mol. The van der Waals surface area contributed by atoms with Crippen LogP contribution in [0.4, 0.5) is 11.4 Å². The molecule has 1 aromatic heterocycles. The molecule has 0 spiro atoms. The minimum atomic E-state index is -0.525. The van der Waals surface area contributed by atoms with Crippen molar-refractivity contribution in [3.8, 4) is 5.88 Å². The van der Waals surface area contributed by atoms with E-state index in [9.17, 15) is 14.9 Å². The highest BCUT2D eigenvalue weighted by atomic mass is 16.6. The molecule has 0 unspecified atom stereocenters. The number of ether oxygens (including phenoxy) is 1. The number of nitrogens with one attached hydrogen (secondary N) is 1. The number of hydrogen-bond acceptors (Lipinski definition) is 5. The van der Waals surface area contributed by atoms with E-state index in [0.717, 1.165) is 5.56 Å². The monoisotopic (exact) mass is 301 g/mol. The van der Waals surface area contributed by atoms with Crippen molar-refractivity contribution in [2.75, 3.05) is 5.32 Å². The average Bonchev–Trinajstić information content (AvgIpc) is 2.45. The van der Waals surface area contributed by atoms with Crippen LogP contribution in [0, 0.1) is 17.0 Å². The zero-order chi connectivity index (χ0) is 16.1. The van der Waals surface area contributed by atoms with Crippen LogP contribution in [0.5, 0.6) is 5.88 Å². The molecule has 1 N–H and O–H groups in total. The van der Waals surface area contributed by atoms with Gasteiger partial charge in [0.05, 0.1) is 4.92 Å². The van der Waals surface area contributed by atoms with Crippen LogP contribution in [-0.2, 0) is 11.4 Å². The molecule has 22 heavy (non-hydrogen) atoms. The maximum atomic E-state index is 11.0. The summed E-state index contributed by atoms with van der Waals surface area (Å²) >= 11 is 0. The summed E-state index contributed by atoms with van der Waals surface area (Å²) in [5.74, 6) is -0.200. The third kappa shape index (κ3) is 4.02. The number of pyridine rings is 1. The molecule has 0 saturated heterocycles. The molecule has 0 radical (unpaired) electrons. The standard InChI is InChI=1S/C15H15N3O4/c1-10-6-14(18(20)21)15(16-8-10)22-9-12-4-3-5-13(7-12)17-11(2)19/h3-8H,9H2,1-2H3,(H,17,19). The SMILES string of the molecule is CC(=O)Nc1cccc(COc2ncc(C)cc2[N+](=O)[O-])c1. The summed E-state index contributed by atoms with van der Waals surface area (Å²) in [6.07, 6.45) is 1.51. The van der Waals surface area contributed by atoms with Gasteiger partial charge in [0.1, 0.15) is 6.61 Å². The van der Waals surface area contributed by atoms with E-state index in [1.807, 2.05) is 0 Å². The van der Waals surface area contributed by atoms with Gasteiger partial charge in [-0.3, -0.25) is 14.9 Å². The number of carbonyl (C=O) groups is 1. The molecule has 0 aliphatic heterocycles. The Hall–Kier alpha value is -2.96. The summed E-state index contributed by atoms with van der Waals surface area (Å²) in [6.45, 7) is 3.26. The molecule has 0 bridgehead atoms. The number of aryl methyl sites for hydroxylation is 1. The fraction of sp³-hybridized carbons (Fsp3) is 0.200. The van der Waals surface area contributed by atoms with Gasteiger partial charge in [-0.05, 0) is 30.2 Å². The molecular weight excluding hydrogens is 286 g/mol. The lowest BCUT2D eigenvalue weighted by molar-refractivity contribution is -0.386. The highest BCUT2D eigenvalue weighted by molar-refractivity contribution is 5.88. The minimum absolute atomic E-state index is 0.0273. The quantitative estimate of drug-likeness (QED) is 0.677. The van der Waals surface area contributed by atoms with Crippen molar-refractivity contribution in [1.82, 2.24) is 4.98 Å². The topological polar surface area (TPSA) is 94.4 Å². The largest absolute Gasteiger partial charge is 0.468 e. The number of rotatable bonds is 5. The van der Waals surface area contributed by atoms with Crippen LogP contribution >= 0.6 is 0 Å². The molecule has 2 rings (SSSR count). The molecule has 0 aliphatic carbocycles. The van der Waals surface area contributed by atoms with E-state index in [2.05, 4.69) is 10.3 Å². The number of aromatic nitrogens is 1. The van der Waals surface area contributed by atoms with Gasteiger partial charge >= 0.3 is 5.69 Å². The summed E-state index contributed by atoms with van der Waals surface area (Å²) in [5.41, 5.74) is 1.92. The highest BCUT2D eigenvalue weighted by Crippen LogP contribution is 2.25. The van der Waals surface area contributed by atoms with Crippen molar-refractivity contribution >= 4 is 17.3 Å². The second kappa shape index (κ2) is 6.66. The summed E-state index contributed by atoms with van der Waals surface area (Å²) < 4.78 is 5.43. The number of nitrogens with zero attached hydrogens (tertiary/aromatic N) is 2. The number of carbonyl (C=O) groups excluding carboxylic acids is 1. The Balaban J connectivity index is 2.13. The molecule has 2 aromatic rings. The molecule has 7 nitrogen and oxygen atoms in total. The molecular formula is C15H15N3O4. The summed E-state index contributed by atoms with van der Waals surface area (Å²) in [5, 5.41) is 13.7. The predicted octanol–water partition coefficient (Wildman–Crippen LogP) is 2.84. The van der Waals surface area contributed by atoms with Gasteiger partial charge in [0.2, 0.25) is 5.91 Å². The first-order valence-corrected chi connectivity index (χ1v) is 6.56. The lowest BCUT2D eigenvalue weighted by Crippen LogP contribution is -2.06. The van der Waals surface area contributed by atoms with Gasteiger partial charge < -0.3 is 10.1 Å². The van der Waals surface area contributed by atoms with Gasteiger partial charge in [0.15, 0.2) is 0 Å². The van der Waals surface area contributed by atoms with Gasteiger partial charge in [-0.1, -0.05) is 12.1 Å². The normalized spacial score (nSPS) is 10.1. The first-order chi connectivity index (χ1) is 10.5. The maximum Gasteiger partial charge on any atom is 0.331 e. The fourth-order valence-electron chi connectivity index (χ4n) is 1.88. The van der Waals surface area contributed by atoms with Gasteiger partial charge in [-0.2, -0.15) is 0 Å². The van der Waals surface area contributed by atoms with E-state index < -0.39 is 4.92 Å². The van der Waals surface area contributed by atoms with Gasteiger partial charge in [0, 0.05) is 24.9 Å². The van der Waals surface area contributed by atoms with Crippen molar-refractivity contribution < 1.29 is 14.5 Å². The summed E-state index contributed by atoms with van der Waals surface area (Å²) in [6, 6.07) is 8.46. The van der Waals surface area contributed by atoms with Crippen LogP contribution in [0.15, 0.2) is 36.5 Å². The van der Waals surface area contributed by atoms with Crippen molar-refractivity contribution in [2.45, 2.75) is 20.5 Å². The molecule has 0 fully saturated rings. The van der Waals surface area contributed by atoms with Crippen molar-refractivity contribution in [3.05, 3.63) is 57.8 Å². The summed E-state index contributed by atoms with van der Waals surface area (Å²) in [4.78, 5) is 25.5. The molecule has 1 aromatic carbocycles. The number of benzene rings is 1. The molecule has 114 valence electrons. The van der Waals surface area contributed by atoms with Crippen molar-refractivity contribution in [1.29, 1.82) is 0 Å². The van der Waals surface area contributed by atoms with Crippen LogP contribution < -0.4 is 10.1 Å². The Morgan fingerprint density at radius 1 is 1.41 bits per heavy atom. The molecule has 0 saturated carbocycles. The summed E-state index contributed by atoms with van der Waals surface area (Å²) in [7, 11) is 0. The molecule has 0 aliphatic rings. The number of nitro groups is 1. The van der Waals surface area contributed by atoms with Crippen molar-refractivity contribution in [2.24, 2.45) is 0 Å². The predicted molar refractivity (Wildman–Crippen MR) is 80.7 cm³/mol. The zero-order valence-electron chi connectivity index (χ0n) is 12.2. The van der Waals surface area contributed by atoms with Gasteiger partial charge in [-0.25, -0.2) is 4.98 Å². The van der Waals surface area contributed by atoms with Crippen LogP contribution in [-0.4, -0.2) is 15.8 Å². The van der Waals surface area contributed by atoms with E-state index in [1.54, 1.807) is 31.2 Å². The van der Waals surface area contributed by atoms with E-state index in [4.69, 9.17) is 4.74 Å². The highest BCUT2D eigenvalue weighted by Gasteiger charge is 2.17. The van der Waals surface area contributed by atoms with Crippen LogP contribution in [0.2, 0.25) is 0 Å². The smallest absolute Gasteiger partial charge is 0.331 e. The number of amides is 1. The lowest BCUT2D eigenvalue weighted by atomic mass is 10.2. The van der Waals surface area contributed by atoms with Gasteiger partial charge in [-0.15, -0.1) is 0 Å². The maximum absolute atomic E-state index is 11.0. The third-order valence-corrected chi connectivity index (χ3v) is 2.79. The second-order valence-electron chi connectivity index (χ2n) is 4.76. The minimum Gasteiger partial charge on any atom is -0.468 e. The Morgan fingerprint density at radius 3 is 2.86 bits per heavy atom. The fourth-order valence-corrected chi connectivity index (χ4v) is 1.88. The second-order valence-corrected chi connectivity index (χ2v) is 4.76. The van der Waals surface area contributed by atoms with E-state index >= 15 is 0 Å². The Bertz CT molecular complexity index is 716. The van der Waals surface area contributed by atoms with E-state index in [-0.39, 0.29) is 24.1 Å². The molecule has 0 atom stereocenters. The van der Waals surface area contributed by atoms with Crippen LogP contribution in [0.25, 0.3) is 0 Å². The van der Waals surface area contributed by atoms with E-state index in [0.29, 0.717) is 11.3 Å². The van der Waals surface area contributed by atoms with Crippen molar-refractivity contribution in [3.63, 3.8) is 0 Å². The molecule has 1 amide bonds. The Labute approximate surface area is 127 Å². The lowest BCUT2D eigenvalue weighted by Gasteiger charge is -2.08. The van der Waals surface area contributed by atoms with Crippen LogP contribution in [0.1, 0.15) is 18.1 Å². The molecule has 1 heterocycles. The number of anilines is 1. The first kappa shape index (κ1) is 15.4. The third-order valence-electron chi connectivity index (χ3n) is 2.79. The molecule has 7 heteroatoms. The zero-order valence-corrected chi connectivity index (χ0v) is 12.2. The van der Waals surface area contributed by atoms with E-state index in [1.165, 1.54) is 19.2 Å². The number of hydrogen-bond donors (Lipinski definition) is 1. The first-order valence-electron chi connectivity index (χ1n) is 6.56. The van der Waals surface area contributed by atoms with Crippen LogP contribution in [0.3, 0.4) is 0 Å². The Morgan fingerprint density at radius 2 is 2.18 bits per heavy atom. The van der Waals surface area contributed by atoms with Gasteiger partial charge in [0.25, 0.3) is 5.88 Å².